The number of carbonyl (C=O) groups excluding carboxylic acids is 1. The Bertz CT molecular complexity index is 449. The van der Waals surface area contributed by atoms with Gasteiger partial charge in [0.2, 0.25) is 5.91 Å². The Balaban J connectivity index is 2.75. The average Bonchev–Trinajstić information content (AvgIpc) is 2.27. The summed E-state index contributed by atoms with van der Waals surface area (Å²) in [4.78, 5) is 22.3. The second kappa shape index (κ2) is 6.11. The molecule has 98 valence electrons. The van der Waals surface area contributed by atoms with Crippen LogP contribution in [0.4, 0.5) is 4.39 Å². The molecule has 0 aliphatic heterocycles. The van der Waals surface area contributed by atoms with Crippen molar-refractivity contribution in [2.75, 3.05) is 0 Å². The average molecular weight is 254 g/mol. The Kier molecular flexibility index (Phi) is 4.79. The summed E-state index contributed by atoms with van der Waals surface area (Å²) in [6.45, 7) is 1.45. The van der Waals surface area contributed by atoms with Crippen molar-refractivity contribution in [2.45, 2.75) is 25.4 Å². The molecule has 4 N–H and O–H groups in total. The minimum absolute atomic E-state index is 0.00551. The molecule has 5 nitrogen and oxygen atoms in total. The quantitative estimate of drug-likeness (QED) is 0.704. The van der Waals surface area contributed by atoms with Crippen LogP contribution in [0, 0.1) is 5.82 Å². The maximum atomic E-state index is 13.0. The minimum atomic E-state index is -1.19. The molecule has 1 rings (SSSR count). The molecule has 0 aromatic heterocycles. The van der Waals surface area contributed by atoms with Crippen molar-refractivity contribution in [1.29, 1.82) is 0 Å². The number of nitrogens with two attached hydrogens (primary N) is 1. The van der Waals surface area contributed by atoms with Gasteiger partial charge in [-0.05, 0) is 24.6 Å². The molecule has 0 aliphatic rings. The van der Waals surface area contributed by atoms with Crippen molar-refractivity contribution in [1.82, 2.24) is 5.32 Å². The number of rotatable bonds is 5. The summed E-state index contributed by atoms with van der Waals surface area (Å²) in [7, 11) is 0. The van der Waals surface area contributed by atoms with Gasteiger partial charge in [0.25, 0.3) is 0 Å². The molecular formula is C12H15FN2O3. The van der Waals surface area contributed by atoms with Gasteiger partial charge in [0, 0.05) is 6.42 Å². The molecule has 18 heavy (non-hydrogen) atoms. The predicted octanol–water partition coefficient (Wildman–Crippen LogP) is 0.285. The number of carboxylic acids is 1. The number of hydrogen-bond acceptors (Lipinski definition) is 3. The van der Waals surface area contributed by atoms with Crippen molar-refractivity contribution < 1.29 is 19.1 Å². The lowest BCUT2D eigenvalue weighted by Crippen LogP contribution is -2.48. The van der Waals surface area contributed by atoms with Crippen LogP contribution in [0.3, 0.4) is 0 Å². The normalized spacial score (nSPS) is 13.7. The fraction of sp³-hybridized carbons (Fsp3) is 0.333. The highest BCUT2D eigenvalue weighted by Crippen LogP contribution is 2.07. The van der Waals surface area contributed by atoms with E-state index in [0.717, 1.165) is 0 Å². The van der Waals surface area contributed by atoms with E-state index in [-0.39, 0.29) is 6.42 Å². The molecule has 1 amide bonds. The first kappa shape index (κ1) is 14.1. The van der Waals surface area contributed by atoms with Gasteiger partial charge in [-0.1, -0.05) is 12.1 Å². The molecule has 2 unspecified atom stereocenters. The molecule has 0 radical (unpaired) electrons. The molecule has 0 aliphatic carbocycles. The molecule has 0 fully saturated rings. The van der Waals surface area contributed by atoms with Crippen LogP contribution in [0.25, 0.3) is 0 Å². The van der Waals surface area contributed by atoms with E-state index in [1.807, 2.05) is 0 Å². The topological polar surface area (TPSA) is 92.4 Å². The number of amides is 1. The zero-order valence-electron chi connectivity index (χ0n) is 9.89. The molecule has 0 spiro atoms. The lowest BCUT2D eigenvalue weighted by atomic mass is 10.1. The Morgan fingerprint density at radius 2 is 2.17 bits per heavy atom. The van der Waals surface area contributed by atoms with Crippen LogP contribution in [0.5, 0.6) is 0 Å². The van der Waals surface area contributed by atoms with Gasteiger partial charge in [0.15, 0.2) is 0 Å². The van der Waals surface area contributed by atoms with E-state index in [9.17, 15) is 14.0 Å². The van der Waals surface area contributed by atoms with E-state index in [2.05, 4.69) is 5.32 Å². The zero-order chi connectivity index (χ0) is 13.7. The molecule has 0 saturated heterocycles. The Morgan fingerprint density at radius 1 is 1.50 bits per heavy atom. The van der Waals surface area contributed by atoms with Crippen LogP contribution in [-0.2, 0) is 16.0 Å². The molecule has 2 atom stereocenters. The third kappa shape index (κ3) is 4.14. The van der Waals surface area contributed by atoms with E-state index in [1.54, 1.807) is 6.07 Å². The molecule has 6 heteroatoms. The minimum Gasteiger partial charge on any atom is -0.480 e. The summed E-state index contributed by atoms with van der Waals surface area (Å²) in [6, 6.07) is 3.66. The highest BCUT2D eigenvalue weighted by Gasteiger charge is 2.21. The monoisotopic (exact) mass is 254 g/mol. The highest BCUT2D eigenvalue weighted by atomic mass is 19.1. The second-order valence-corrected chi connectivity index (χ2v) is 4.02. The third-order valence-corrected chi connectivity index (χ3v) is 2.36. The van der Waals surface area contributed by atoms with E-state index in [0.29, 0.717) is 5.56 Å². The molecule has 0 heterocycles. The molecule has 0 bridgehead atoms. The van der Waals surface area contributed by atoms with Crippen LogP contribution >= 0.6 is 0 Å². The standard InChI is InChI=1S/C12H15FN2O3/c1-7(14)11(16)15-10(12(17)18)6-8-3-2-4-9(13)5-8/h2-5,7,10H,6,14H2,1H3,(H,15,16)(H,17,18). The number of carboxylic acid groups (broad SMARTS) is 1. The number of aliphatic carboxylic acids is 1. The van der Waals surface area contributed by atoms with Gasteiger partial charge in [-0.2, -0.15) is 0 Å². The van der Waals surface area contributed by atoms with Crippen molar-refractivity contribution in [3.63, 3.8) is 0 Å². The Labute approximate surface area is 104 Å². The fourth-order valence-corrected chi connectivity index (χ4v) is 1.40. The second-order valence-electron chi connectivity index (χ2n) is 4.02. The Morgan fingerprint density at radius 3 is 2.67 bits per heavy atom. The van der Waals surface area contributed by atoms with Gasteiger partial charge < -0.3 is 16.2 Å². The number of benzene rings is 1. The van der Waals surface area contributed by atoms with Crippen LogP contribution in [0.15, 0.2) is 24.3 Å². The molecule has 0 saturated carbocycles. The van der Waals surface area contributed by atoms with Gasteiger partial charge in [0.1, 0.15) is 11.9 Å². The maximum Gasteiger partial charge on any atom is 0.326 e. The van der Waals surface area contributed by atoms with Crippen molar-refractivity contribution in [3.05, 3.63) is 35.6 Å². The van der Waals surface area contributed by atoms with Crippen LogP contribution in [0.1, 0.15) is 12.5 Å². The number of nitrogens with one attached hydrogen (secondary N) is 1. The molecular weight excluding hydrogens is 239 g/mol. The van der Waals surface area contributed by atoms with E-state index in [4.69, 9.17) is 10.8 Å². The third-order valence-electron chi connectivity index (χ3n) is 2.36. The summed E-state index contributed by atoms with van der Waals surface area (Å²) < 4.78 is 13.0. The largest absolute Gasteiger partial charge is 0.480 e. The molecule has 1 aromatic rings. The lowest BCUT2D eigenvalue weighted by Gasteiger charge is -2.16. The van der Waals surface area contributed by atoms with Crippen molar-refractivity contribution >= 4 is 11.9 Å². The van der Waals surface area contributed by atoms with E-state index >= 15 is 0 Å². The first-order valence-electron chi connectivity index (χ1n) is 5.43. The Hall–Kier alpha value is -1.95. The van der Waals surface area contributed by atoms with Crippen molar-refractivity contribution in [3.8, 4) is 0 Å². The number of carbonyl (C=O) groups is 2. The summed E-state index contributed by atoms with van der Waals surface area (Å²) in [5, 5.41) is 11.3. The SMILES string of the molecule is CC(N)C(=O)NC(Cc1cccc(F)c1)C(=O)O. The first-order valence-corrected chi connectivity index (χ1v) is 5.43. The summed E-state index contributed by atoms with van der Waals surface area (Å²) in [5.74, 6) is -2.19. The molecule has 1 aromatic carbocycles. The maximum absolute atomic E-state index is 13.0. The van der Waals surface area contributed by atoms with Crippen LogP contribution in [-0.4, -0.2) is 29.1 Å². The van der Waals surface area contributed by atoms with Gasteiger partial charge in [0.05, 0.1) is 6.04 Å². The summed E-state index contributed by atoms with van der Waals surface area (Å²) in [5.41, 5.74) is 5.83. The predicted molar refractivity (Wildman–Crippen MR) is 63.3 cm³/mol. The number of halogens is 1. The van der Waals surface area contributed by atoms with Crippen LogP contribution < -0.4 is 11.1 Å². The highest BCUT2D eigenvalue weighted by molar-refractivity contribution is 5.86. The lowest BCUT2D eigenvalue weighted by molar-refractivity contribution is -0.141. The van der Waals surface area contributed by atoms with Gasteiger partial charge in [-0.15, -0.1) is 0 Å². The summed E-state index contributed by atoms with van der Waals surface area (Å²) >= 11 is 0. The van der Waals surface area contributed by atoms with Crippen molar-refractivity contribution in [2.24, 2.45) is 5.73 Å². The van der Waals surface area contributed by atoms with Gasteiger partial charge in [-0.3, -0.25) is 4.79 Å². The van der Waals surface area contributed by atoms with E-state index in [1.165, 1.54) is 25.1 Å². The number of hydrogen-bond donors (Lipinski definition) is 3. The van der Waals surface area contributed by atoms with E-state index < -0.39 is 29.8 Å². The summed E-state index contributed by atoms with van der Waals surface area (Å²) in [6.07, 6.45) is 0.00551. The fourth-order valence-electron chi connectivity index (χ4n) is 1.40. The van der Waals surface area contributed by atoms with Crippen LogP contribution in [0.2, 0.25) is 0 Å². The van der Waals surface area contributed by atoms with Gasteiger partial charge in [-0.25, -0.2) is 9.18 Å². The van der Waals surface area contributed by atoms with Gasteiger partial charge >= 0.3 is 5.97 Å². The first-order chi connectivity index (χ1) is 8.40. The smallest absolute Gasteiger partial charge is 0.326 e. The zero-order valence-corrected chi connectivity index (χ0v) is 9.89.